The topological polar surface area (TPSA) is 47.5 Å². The Morgan fingerprint density at radius 3 is 2.24 bits per heavy atom. The van der Waals surface area contributed by atoms with Crippen LogP contribution < -0.4 is 9.64 Å². The minimum Gasteiger partial charge on any atom is -0.439 e. The van der Waals surface area contributed by atoms with Crippen LogP contribution in [0.4, 0.5) is 14.7 Å². The summed E-state index contributed by atoms with van der Waals surface area (Å²) >= 11 is 0. The van der Waals surface area contributed by atoms with Crippen molar-refractivity contribution in [3.8, 4) is 11.6 Å². The molecule has 0 atom stereocenters. The summed E-state index contributed by atoms with van der Waals surface area (Å²) in [6, 6.07) is 13.8. The Kier molecular flexibility index (Phi) is 5.95. The lowest BCUT2D eigenvalue weighted by Gasteiger charge is -2.32. The summed E-state index contributed by atoms with van der Waals surface area (Å²) in [4.78, 5) is 10.9. The normalized spacial score (nSPS) is 14.8. The van der Waals surface area contributed by atoms with Crippen molar-refractivity contribution in [2.45, 2.75) is 25.6 Å². The summed E-state index contributed by atoms with van der Waals surface area (Å²) in [6.07, 6.45) is 3.51. The zero-order valence-electron chi connectivity index (χ0n) is 15.8. The molecular weight excluding hydrogens is 376 g/mol. The molecule has 4 rings (SSSR count). The highest BCUT2D eigenvalue weighted by molar-refractivity contribution is 5.34. The lowest BCUT2D eigenvalue weighted by Crippen LogP contribution is -2.38. The van der Waals surface area contributed by atoms with Gasteiger partial charge in [0.1, 0.15) is 17.4 Å². The molecule has 5 nitrogen and oxygen atoms in total. The molecule has 7 heteroatoms. The monoisotopic (exact) mass is 397 g/mol. The van der Waals surface area contributed by atoms with Gasteiger partial charge in [0.2, 0.25) is 11.8 Å². The minimum atomic E-state index is -0.315. The number of hydrogen-bond donors (Lipinski definition) is 0. The van der Waals surface area contributed by atoms with Gasteiger partial charge >= 0.3 is 0 Å². The van der Waals surface area contributed by atoms with Crippen molar-refractivity contribution in [2.75, 3.05) is 18.0 Å². The van der Waals surface area contributed by atoms with Gasteiger partial charge in [-0.15, -0.1) is 0 Å². The van der Waals surface area contributed by atoms with E-state index in [-0.39, 0.29) is 17.7 Å². The first-order chi connectivity index (χ1) is 14.2. The Morgan fingerprint density at radius 2 is 1.55 bits per heavy atom. The molecule has 0 unspecified atom stereocenters. The molecule has 0 amide bonds. The maximum absolute atomic E-state index is 13.0. The average Bonchev–Trinajstić information content (AvgIpc) is 2.76. The van der Waals surface area contributed by atoms with E-state index in [1.54, 1.807) is 36.5 Å². The van der Waals surface area contributed by atoms with E-state index >= 15 is 0 Å². The smallest absolute Gasteiger partial charge is 0.228 e. The predicted molar refractivity (Wildman–Crippen MR) is 105 cm³/mol. The van der Waals surface area contributed by atoms with Crippen LogP contribution in [0.2, 0.25) is 0 Å². The molecule has 1 aliphatic rings. The standard InChI is InChI=1S/C22H21F2N3O2/c23-17-3-1-16(2-4-17)15-28-19-10-13-27(14-11-19)22-25-12-9-21(26-22)29-20-7-5-18(24)6-8-20/h1-9,12,19H,10-11,13-15H2. The van der Waals surface area contributed by atoms with Gasteiger partial charge in [0.25, 0.3) is 0 Å². The number of halogens is 2. The Hall–Kier alpha value is -3.06. The number of anilines is 1. The Bertz CT molecular complexity index is 928. The van der Waals surface area contributed by atoms with Crippen molar-refractivity contribution in [2.24, 2.45) is 0 Å². The third kappa shape index (κ3) is 5.26. The molecule has 1 aromatic heterocycles. The van der Waals surface area contributed by atoms with Crippen LogP contribution in [-0.2, 0) is 11.3 Å². The number of nitrogens with zero attached hydrogens (tertiary/aromatic N) is 3. The first-order valence-electron chi connectivity index (χ1n) is 9.53. The summed E-state index contributed by atoms with van der Waals surface area (Å²) < 4.78 is 37.6. The molecule has 150 valence electrons. The maximum Gasteiger partial charge on any atom is 0.228 e. The van der Waals surface area contributed by atoms with Crippen molar-refractivity contribution >= 4 is 5.95 Å². The maximum atomic E-state index is 13.0. The van der Waals surface area contributed by atoms with Crippen molar-refractivity contribution in [1.29, 1.82) is 0 Å². The van der Waals surface area contributed by atoms with Gasteiger partial charge in [0.05, 0.1) is 12.7 Å². The summed E-state index contributed by atoms with van der Waals surface area (Å²) in [6.45, 7) is 2.02. The largest absolute Gasteiger partial charge is 0.439 e. The third-order valence-corrected chi connectivity index (χ3v) is 4.78. The van der Waals surface area contributed by atoms with E-state index in [9.17, 15) is 8.78 Å². The quantitative estimate of drug-likeness (QED) is 0.602. The van der Waals surface area contributed by atoms with Crippen molar-refractivity contribution in [3.63, 3.8) is 0 Å². The molecule has 29 heavy (non-hydrogen) atoms. The van der Waals surface area contributed by atoms with Gasteiger partial charge in [-0.05, 0) is 54.8 Å². The molecule has 2 heterocycles. The van der Waals surface area contributed by atoms with E-state index in [0.29, 0.717) is 24.2 Å². The Labute approximate surface area is 167 Å². The van der Waals surface area contributed by atoms with Crippen LogP contribution in [0.5, 0.6) is 11.6 Å². The molecule has 0 saturated carbocycles. The van der Waals surface area contributed by atoms with Crippen LogP contribution >= 0.6 is 0 Å². The summed E-state index contributed by atoms with van der Waals surface area (Å²) in [5.41, 5.74) is 0.961. The Morgan fingerprint density at radius 1 is 0.897 bits per heavy atom. The van der Waals surface area contributed by atoms with Gasteiger partial charge < -0.3 is 14.4 Å². The first-order valence-corrected chi connectivity index (χ1v) is 9.53. The number of hydrogen-bond acceptors (Lipinski definition) is 5. The zero-order valence-corrected chi connectivity index (χ0v) is 15.8. The fourth-order valence-corrected chi connectivity index (χ4v) is 3.18. The summed E-state index contributed by atoms with van der Waals surface area (Å²) in [7, 11) is 0. The van der Waals surface area contributed by atoms with E-state index in [4.69, 9.17) is 9.47 Å². The number of piperidine rings is 1. The molecule has 0 radical (unpaired) electrons. The first kappa shape index (κ1) is 19.3. The molecule has 0 spiro atoms. The second-order valence-electron chi connectivity index (χ2n) is 6.87. The fraction of sp³-hybridized carbons (Fsp3) is 0.273. The van der Waals surface area contributed by atoms with Crippen LogP contribution in [0.25, 0.3) is 0 Å². The van der Waals surface area contributed by atoms with Crippen molar-refractivity contribution in [3.05, 3.63) is 78.0 Å². The summed E-state index contributed by atoms with van der Waals surface area (Å²) in [5.74, 6) is 0.972. The zero-order chi connectivity index (χ0) is 20.1. The van der Waals surface area contributed by atoms with E-state index in [1.807, 2.05) is 0 Å². The fourth-order valence-electron chi connectivity index (χ4n) is 3.18. The number of rotatable bonds is 6. The van der Waals surface area contributed by atoms with Crippen LogP contribution in [-0.4, -0.2) is 29.2 Å². The molecule has 0 bridgehead atoms. The third-order valence-electron chi connectivity index (χ3n) is 4.78. The van der Waals surface area contributed by atoms with Crippen LogP contribution in [0.3, 0.4) is 0 Å². The molecule has 2 aromatic carbocycles. The van der Waals surface area contributed by atoms with E-state index in [0.717, 1.165) is 31.5 Å². The van der Waals surface area contributed by atoms with Gasteiger partial charge in [-0.2, -0.15) is 4.98 Å². The van der Waals surface area contributed by atoms with Gasteiger partial charge in [-0.1, -0.05) is 12.1 Å². The number of ether oxygens (including phenoxy) is 2. The lowest BCUT2D eigenvalue weighted by molar-refractivity contribution is 0.0249. The molecule has 0 N–H and O–H groups in total. The van der Waals surface area contributed by atoms with Crippen molar-refractivity contribution < 1.29 is 18.3 Å². The molecule has 1 saturated heterocycles. The van der Waals surface area contributed by atoms with Gasteiger partial charge in [-0.25, -0.2) is 13.8 Å². The van der Waals surface area contributed by atoms with Crippen LogP contribution in [0.1, 0.15) is 18.4 Å². The highest BCUT2D eigenvalue weighted by atomic mass is 19.1. The molecule has 3 aromatic rings. The minimum absolute atomic E-state index is 0.148. The van der Waals surface area contributed by atoms with Crippen molar-refractivity contribution in [1.82, 2.24) is 9.97 Å². The Balaban J connectivity index is 1.30. The predicted octanol–water partition coefficient (Wildman–Crippen LogP) is 4.73. The van der Waals surface area contributed by atoms with Gasteiger partial charge in [0.15, 0.2) is 0 Å². The number of benzene rings is 2. The van der Waals surface area contributed by atoms with E-state index < -0.39 is 0 Å². The summed E-state index contributed by atoms with van der Waals surface area (Å²) in [5, 5.41) is 0. The van der Waals surface area contributed by atoms with Crippen LogP contribution in [0.15, 0.2) is 60.8 Å². The SMILES string of the molecule is Fc1ccc(COC2CCN(c3nccc(Oc4ccc(F)cc4)n3)CC2)cc1. The molecule has 0 aliphatic carbocycles. The number of aromatic nitrogens is 2. The van der Waals surface area contributed by atoms with Crippen LogP contribution in [0, 0.1) is 11.6 Å². The molecule has 1 fully saturated rings. The van der Waals surface area contributed by atoms with Gasteiger partial charge in [0, 0.05) is 25.4 Å². The highest BCUT2D eigenvalue weighted by Gasteiger charge is 2.22. The van der Waals surface area contributed by atoms with E-state index in [2.05, 4.69) is 14.9 Å². The lowest BCUT2D eigenvalue weighted by atomic mass is 10.1. The second-order valence-corrected chi connectivity index (χ2v) is 6.87. The molecular formula is C22H21F2N3O2. The van der Waals surface area contributed by atoms with Gasteiger partial charge in [-0.3, -0.25) is 0 Å². The second kappa shape index (κ2) is 8.96. The van der Waals surface area contributed by atoms with E-state index in [1.165, 1.54) is 24.3 Å². The molecule has 1 aliphatic heterocycles. The highest BCUT2D eigenvalue weighted by Crippen LogP contribution is 2.23. The average molecular weight is 397 g/mol.